The number of esters is 1. The second-order valence-electron chi connectivity index (χ2n) is 1.97. The van der Waals surface area contributed by atoms with Crippen molar-refractivity contribution in [1.82, 2.24) is 5.32 Å². The maximum atomic E-state index is 10.5. The molecule has 0 unspecified atom stereocenters. The molecule has 0 spiro atoms. The summed E-state index contributed by atoms with van der Waals surface area (Å²) in [5.41, 5.74) is 4.85. The summed E-state index contributed by atoms with van der Waals surface area (Å²) in [5, 5.41) is 2.69. The average molecular weight is 160 g/mol. The van der Waals surface area contributed by atoms with E-state index in [9.17, 15) is 9.59 Å². The molecule has 0 aliphatic heterocycles. The number of hydrogen-bond donors (Lipinski definition) is 2. The van der Waals surface area contributed by atoms with E-state index in [1.54, 1.807) is 0 Å². The van der Waals surface area contributed by atoms with Crippen molar-refractivity contribution in [3.63, 3.8) is 0 Å². The smallest absolute Gasteiger partial charge is 0.319 e. The Morgan fingerprint density at radius 1 is 1.55 bits per heavy atom. The average Bonchev–Trinajstić information content (AvgIpc) is 1.97. The Kier molecular flexibility index (Phi) is 5.10. The van der Waals surface area contributed by atoms with Crippen LogP contribution in [0, 0.1) is 0 Å². The van der Waals surface area contributed by atoms with Crippen molar-refractivity contribution in [2.45, 2.75) is 6.42 Å². The van der Waals surface area contributed by atoms with Gasteiger partial charge in [-0.2, -0.15) is 0 Å². The van der Waals surface area contributed by atoms with E-state index in [0.29, 0.717) is 6.54 Å². The molecule has 0 aromatic carbocycles. The van der Waals surface area contributed by atoms with Crippen LogP contribution in [0.4, 0.5) is 0 Å². The van der Waals surface area contributed by atoms with E-state index in [0.717, 1.165) is 0 Å². The lowest BCUT2D eigenvalue weighted by molar-refractivity contribution is -0.139. The SMILES string of the molecule is COC(=O)CNCCC(N)=O. The molecule has 0 aromatic rings. The lowest BCUT2D eigenvalue weighted by Gasteiger charge is -1.99. The first-order valence-electron chi connectivity index (χ1n) is 3.22. The first-order valence-corrected chi connectivity index (χ1v) is 3.22. The van der Waals surface area contributed by atoms with Gasteiger partial charge in [-0.3, -0.25) is 9.59 Å². The zero-order chi connectivity index (χ0) is 8.69. The molecule has 0 saturated carbocycles. The molecule has 64 valence electrons. The number of rotatable bonds is 5. The fourth-order valence-corrected chi connectivity index (χ4v) is 0.474. The lowest BCUT2D eigenvalue weighted by Crippen LogP contribution is -2.27. The monoisotopic (exact) mass is 160 g/mol. The highest BCUT2D eigenvalue weighted by molar-refractivity contribution is 5.74. The van der Waals surface area contributed by atoms with Gasteiger partial charge in [0.15, 0.2) is 0 Å². The molecule has 0 rings (SSSR count). The zero-order valence-corrected chi connectivity index (χ0v) is 6.42. The van der Waals surface area contributed by atoms with E-state index in [-0.39, 0.29) is 24.8 Å². The molecule has 5 nitrogen and oxygen atoms in total. The minimum absolute atomic E-state index is 0.115. The van der Waals surface area contributed by atoms with Crippen LogP contribution in [0.3, 0.4) is 0 Å². The van der Waals surface area contributed by atoms with Gasteiger partial charge in [0.25, 0.3) is 0 Å². The summed E-state index contributed by atoms with van der Waals surface area (Å²) in [4.78, 5) is 20.6. The van der Waals surface area contributed by atoms with E-state index in [1.165, 1.54) is 7.11 Å². The molecule has 0 saturated heterocycles. The standard InChI is InChI=1S/C6H12N2O3/c1-11-6(10)4-8-3-2-5(7)9/h8H,2-4H2,1H3,(H2,7,9). The van der Waals surface area contributed by atoms with Gasteiger partial charge >= 0.3 is 5.97 Å². The number of nitrogens with two attached hydrogens (primary N) is 1. The van der Waals surface area contributed by atoms with Crippen molar-refractivity contribution >= 4 is 11.9 Å². The van der Waals surface area contributed by atoms with Gasteiger partial charge in [0.1, 0.15) is 0 Å². The predicted octanol–water partition coefficient (Wildman–Crippen LogP) is -1.38. The Balaban J connectivity index is 3.14. The number of nitrogens with one attached hydrogen (secondary N) is 1. The number of hydrogen-bond acceptors (Lipinski definition) is 4. The van der Waals surface area contributed by atoms with E-state index in [4.69, 9.17) is 5.73 Å². The quantitative estimate of drug-likeness (QED) is 0.384. The molecule has 1 amide bonds. The van der Waals surface area contributed by atoms with Crippen LogP contribution in [-0.2, 0) is 14.3 Å². The Bertz CT molecular complexity index is 147. The summed E-state index contributed by atoms with van der Waals surface area (Å²) < 4.78 is 4.34. The number of amides is 1. The van der Waals surface area contributed by atoms with Gasteiger partial charge in [-0.05, 0) is 0 Å². The maximum absolute atomic E-state index is 10.5. The molecule has 3 N–H and O–H groups in total. The van der Waals surface area contributed by atoms with Crippen molar-refractivity contribution in [2.24, 2.45) is 5.73 Å². The highest BCUT2D eigenvalue weighted by Gasteiger charge is 1.98. The van der Waals surface area contributed by atoms with E-state index in [2.05, 4.69) is 10.1 Å². The fraction of sp³-hybridized carbons (Fsp3) is 0.667. The van der Waals surface area contributed by atoms with Crippen molar-refractivity contribution in [2.75, 3.05) is 20.2 Å². The molecule has 0 aliphatic rings. The minimum Gasteiger partial charge on any atom is -0.468 e. The number of carbonyl (C=O) groups is 2. The maximum Gasteiger partial charge on any atom is 0.319 e. The number of primary amides is 1. The normalized spacial score (nSPS) is 9.18. The number of carbonyl (C=O) groups excluding carboxylic acids is 2. The van der Waals surface area contributed by atoms with Crippen LogP contribution in [0.1, 0.15) is 6.42 Å². The largest absolute Gasteiger partial charge is 0.468 e. The van der Waals surface area contributed by atoms with Crippen molar-refractivity contribution < 1.29 is 14.3 Å². The first kappa shape index (κ1) is 9.90. The van der Waals surface area contributed by atoms with Gasteiger partial charge < -0.3 is 15.8 Å². The van der Waals surface area contributed by atoms with E-state index >= 15 is 0 Å². The van der Waals surface area contributed by atoms with Crippen LogP contribution in [0.5, 0.6) is 0 Å². The van der Waals surface area contributed by atoms with Crippen LogP contribution in [0.15, 0.2) is 0 Å². The van der Waals surface area contributed by atoms with Gasteiger partial charge in [0.05, 0.1) is 13.7 Å². The molecule has 0 bridgehead atoms. The van der Waals surface area contributed by atoms with Gasteiger partial charge in [0, 0.05) is 13.0 Å². The second-order valence-corrected chi connectivity index (χ2v) is 1.97. The number of ether oxygens (including phenoxy) is 1. The third-order valence-electron chi connectivity index (χ3n) is 1.05. The Morgan fingerprint density at radius 2 is 2.18 bits per heavy atom. The van der Waals surface area contributed by atoms with Crippen molar-refractivity contribution in [3.05, 3.63) is 0 Å². The summed E-state index contributed by atoms with van der Waals surface area (Å²) in [6, 6.07) is 0. The highest BCUT2D eigenvalue weighted by atomic mass is 16.5. The first-order chi connectivity index (χ1) is 5.16. The van der Waals surface area contributed by atoms with Gasteiger partial charge in [0.2, 0.25) is 5.91 Å². The van der Waals surface area contributed by atoms with E-state index in [1.807, 2.05) is 0 Å². The molecule has 0 aromatic heterocycles. The molecule has 11 heavy (non-hydrogen) atoms. The Hall–Kier alpha value is -1.10. The number of methoxy groups -OCH3 is 1. The molecule has 0 heterocycles. The summed E-state index contributed by atoms with van der Waals surface area (Å²) in [7, 11) is 1.30. The summed E-state index contributed by atoms with van der Waals surface area (Å²) >= 11 is 0. The topological polar surface area (TPSA) is 81.4 Å². The predicted molar refractivity (Wildman–Crippen MR) is 38.7 cm³/mol. The summed E-state index contributed by atoms with van der Waals surface area (Å²) in [6.07, 6.45) is 0.233. The molecule has 0 fully saturated rings. The minimum atomic E-state index is -0.387. The summed E-state index contributed by atoms with van der Waals surface area (Å²) in [6.45, 7) is 0.522. The van der Waals surface area contributed by atoms with Gasteiger partial charge in [-0.1, -0.05) is 0 Å². The van der Waals surface area contributed by atoms with E-state index < -0.39 is 0 Å². The van der Waals surface area contributed by atoms with Gasteiger partial charge in [-0.25, -0.2) is 0 Å². The lowest BCUT2D eigenvalue weighted by atomic mass is 10.4. The molecular formula is C6H12N2O3. The second kappa shape index (κ2) is 5.67. The summed E-state index contributed by atoms with van der Waals surface area (Å²) in [5.74, 6) is -0.739. The molecule has 0 aliphatic carbocycles. The zero-order valence-electron chi connectivity index (χ0n) is 6.42. The van der Waals surface area contributed by atoms with Crippen LogP contribution in [0.2, 0.25) is 0 Å². The highest BCUT2D eigenvalue weighted by Crippen LogP contribution is 1.73. The molecular weight excluding hydrogens is 148 g/mol. The molecule has 0 atom stereocenters. The van der Waals surface area contributed by atoms with Crippen molar-refractivity contribution in [1.29, 1.82) is 0 Å². The van der Waals surface area contributed by atoms with Crippen LogP contribution in [0.25, 0.3) is 0 Å². The Labute approximate surface area is 64.9 Å². The van der Waals surface area contributed by atoms with Crippen LogP contribution >= 0.6 is 0 Å². The van der Waals surface area contributed by atoms with Gasteiger partial charge in [-0.15, -0.1) is 0 Å². The van der Waals surface area contributed by atoms with Crippen molar-refractivity contribution in [3.8, 4) is 0 Å². The third-order valence-corrected chi connectivity index (χ3v) is 1.05. The molecule has 5 heteroatoms. The van der Waals surface area contributed by atoms with Crippen LogP contribution in [-0.4, -0.2) is 32.1 Å². The molecule has 0 radical (unpaired) electrons. The fourth-order valence-electron chi connectivity index (χ4n) is 0.474. The van der Waals surface area contributed by atoms with Crippen LogP contribution < -0.4 is 11.1 Å². The Morgan fingerprint density at radius 3 is 2.64 bits per heavy atom. The third kappa shape index (κ3) is 6.79.